The van der Waals surface area contributed by atoms with E-state index < -0.39 is 40.1 Å². The number of hydrogen-bond acceptors (Lipinski definition) is 5. The fourth-order valence-electron chi connectivity index (χ4n) is 2.90. The SMILES string of the molecule is O=C(Nc1c(I)cc(C(F)(C(F)(F)F)C(F)(F)F)cc1I)c1ccc(-n2cncn2)c([N+](=O)[O-])c1. The van der Waals surface area contributed by atoms with Gasteiger partial charge in [0.25, 0.3) is 11.6 Å². The molecule has 8 nitrogen and oxygen atoms in total. The average Bonchev–Trinajstić information content (AvgIpc) is 3.28. The maximum atomic E-state index is 14.4. The molecule has 1 heterocycles. The number of rotatable bonds is 5. The third-order valence-corrected chi connectivity index (χ3v) is 6.26. The Morgan fingerprint density at radius 1 is 1.00 bits per heavy atom. The predicted molar refractivity (Wildman–Crippen MR) is 123 cm³/mol. The fraction of sp³-hybridized carbons (Fsp3) is 0.167. The Morgan fingerprint density at radius 3 is 2.03 bits per heavy atom. The summed E-state index contributed by atoms with van der Waals surface area (Å²) in [4.78, 5) is 27.0. The third kappa shape index (κ3) is 5.05. The lowest BCUT2D eigenvalue weighted by molar-refractivity contribution is -0.384. The topological polar surface area (TPSA) is 103 Å². The molecule has 1 amide bonds. The Bertz CT molecular complexity index is 1260. The largest absolute Gasteiger partial charge is 0.435 e. The number of nitrogens with one attached hydrogen (secondary N) is 1. The first kappa shape index (κ1) is 27.0. The number of nitro groups is 1. The molecule has 17 heteroatoms. The highest BCUT2D eigenvalue weighted by molar-refractivity contribution is 14.1. The van der Waals surface area contributed by atoms with Gasteiger partial charge in [-0.25, -0.2) is 14.1 Å². The van der Waals surface area contributed by atoms with Crippen LogP contribution in [-0.4, -0.2) is 37.9 Å². The van der Waals surface area contributed by atoms with Crippen LogP contribution < -0.4 is 5.32 Å². The molecule has 0 saturated carbocycles. The van der Waals surface area contributed by atoms with Gasteiger partial charge in [-0.15, -0.1) is 0 Å². The van der Waals surface area contributed by atoms with Gasteiger partial charge in [-0.05, 0) is 69.4 Å². The molecule has 1 aromatic heterocycles. The van der Waals surface area contributed by atoms with Gasteiger partial charge in [0, 0.05) is 24.3 Å². The Morgan fingerprint density at radius 2 is 1.57 bits per heavy atom. The van der Waals surface area contributed by atoms with Crippen LogP contribution in [-0.2, 0) is 5.67 Å². The summed E-state index contributed by atoms with van der Waals surface area (Å²) in [5.41, 5.74) is -8.36. The number of halogens is 9. The van der Waals surface area contributed by atoms with Gasteiger partial charge in [0.1, 0.15) is 18.3 Å². The summed E-state index contributed by atoms with van der Waals surface area (Å²) in [5.74, 6) is -0.958. The monoisotopic (exact) mass is 729 g/mol. The van der Waals surface area contributed by atoms with E-state index in [0.29, 0.717) is 12.1 Å². The van der Waals surface area contributed by atoms with E-state index in [1.165, 1.54) is 63.6 Å². The molecular weight excluding hydrogens is 721 g/mol. The lowest BCUT2D eigenvalue weighted by atomic mass is 9.94. The van der Waals surface area contributed by atoms with Crippen molar-refractivity contribution in [3.05, 3.63) is 71.4 Å². The van der Waals surface area contributed by atoms with Gasteiger partial charge in [0.15, 0.2) is 0 Å². The van der Waals surface area contributed by atoms with Gasteiger partial charge in [0.2, 0.25) is 0 Å². The number of carbonyl (C=O) groups is 1. The molecule has 0 saturated heterocycles. The van der Waals surface area contributed by atoms with Crippen LogP contribution in [0.1, 0.15) is 15.9 Å². The summed E-state index contributed by atoms with van der Waals surface area (Å²) in [6, 6.07) is 3.92. The van der Waals surface area contributed by atoms with Crippen LogP contribution in [0.4, 0.5) is 42.1 Å². The maximum absolute atomic E-state index is 14.4. The summed E-state index contributed by atoms with van der Waals surface area (Å²) in [5, 5.41) is 17.5. The minimum atomic E-state index is -6.30. The number of alkyl halides is 7. The smallest absolute Gasteiger partial charge is 0.320 e. The predicted octanol–water partition coefficient (Wildman–Crippen LogP) is 5.93. The van der Waals surface area contributed by atoms with E-state index in [2.05, 4.69) is 15.4 Å². The molecule has 0 aliphatic rings. The number of benzene rings is 2. The van der Waals surface area contributed by atoms with Crippen molar-refractivity contribution >= 4 is 62.5 Å². The van der Waals surface area contributed by atoms with E-state index in [1.54, 1.807) is 0 Å². The first-order chi connectivity index (χ1) is 16.1. The highest BCUT2D eigenvalue weighted by Gasteiger charge is 2.73. The minimum absolute atomic E-state index is 0.0175. The molecule has 0 atom stereocenters. The van der Waals surface area contributed by atoms with Gasteiger partial charge >= 0.3 is 18.0 Å². The first-order valence-corrected chi connectivity index (χ1v) is 11.0. The summed E-state index contributed by atoms with van der Waals surface area (Å²) >= 11 is 2.69. The van der Waals surface area contributed by atoms with E-state index in [4.69, 9.17) is 0 Å². The number of nitro benzene ring substituents is 1. The lowest BCUT2D eigenvalue weighted by Gasteiger charge is -2.31. The number of hydrogen-bond donors (Lipinski definition) is 1. The standard InChI is InChI=1S/C18H8F7I2N5O3/c19-16(17(20,21)22,18(23,24)25)9-4-10(26)14(11(27)5-9)30-15(33)8-1-2-12(13(3-8)32(34)35)31-7-28-6-29-31/h1-7H,(H,30,33). The zero-order valence-corrected chi connectivity index (χ0v) is 20.8. The van der Waals surface area contributed by atoms with E-state index >= 15 is 0 Å². The maximum Gasteiger partial charge on any atom is 0.435 e. The molecule has 0 spiro atoms. The van der Waals surface area contributed by atoms with E-state index in [1.807, 2.05) is 0 Å². The molecule has 186 valence electrons. The Hall–Kier alpha value is -2.58. The Kier molecular flexibility index (Phi) is 7.31. The number of nitrogens with zero attached hydrogens (tertiary/aromatic N) is 4. The van der Waals surface area contributed by atoms with E-state index in [0.717, 1.165) is 17.1 Å². The van der Waals surface area contributed by atoms with Crippen LogP contribution in [0.3, 0.4) is 0 Å². The number of anilines is 1. The zero-order chi connectivity index (χ0) is 26.3. The molecule has 0 bridgehead atoms. The van der Waals surface area contributed by atoms with Crippen LogP contribution in [0.25, 0.3) is 5.69 Å². The van der Waals surface area contributed by atoms with Gasteiger partial charge in [-0.3, -0.25) is 14.9 Å². The molecule has 3 aromatic rings. The molecule has 0 unspecified atom stereocenters. The molecule has 0 aliphatic heterocycles. The van der Waals surface area contributed by atoms with Crippen molar-refractivity contribution in [3.63, 3.8) is 0 Å². The fourth-order valence-corrected chi connectivity index (χ4v) is 4.94. The Labute approximate surface area is 217 Å². The number of carbonyl (C=O) groups excluding carboxylic acids is 1. The molecule has 2 aromatic carbocycles. The van der Waals surface area contributed by atoms with E-state index in [-0.39, 0.29) is 24.1 Å². The molecule has 3 rings (SSSR count). The second-order valence-electron chi connectivity index (χ2n) is 6.72. The van der Waals surface area contributed by atoms with Crippen molar-refractivity contribution in [1.29, 1.82) is 0 Å². The summed E-state index contributed by atoms with van der Waals surface area (Å²) in [7, 11) is 0. The molecule has 35 heavy (non-hydrogen) atoms. The molecule has 0 radical (unpaired) electrons. The zero-order valence-electron chi connectivity index (χ0n) is 16.5. The normalized spacial score (nSPS) is 12.5. The number of aromatic nitrogens is 3. The molecule has 0 fully saturated rings. The lowest BCUT2D eigenvalue weighted by Crippen LogP contribution is -2.50. The van der Waals surface area contributed by atoms with Crippen molar-refractivity contribution in [1.82, 2.24) is 14.8 Å². The van der Waals surface area contributed by atoms with Crippen LogP contribution in [0, 0.1) is 17.3 Å². The van der Waals surface area contributed by atoms with Crippen LogP contribution >= 0.6 is 45.2 Å². The summed E-state index contributed by atoms with van der Waals surface area (Å²) in [6.45, 7) is 0. The molecular formula is C18H8F7I2N5O3. The van der Waals surface area contributed by atoms with E-state index in [9.17, 15) is 45.6 Å². The van der Waals surface area contributed by atoms with Crippen molar-refractivity contribution in [3.8, 4) is 5.69 Å². The van der Waals surface area contributed by atoms with Crippen LogP contribution in [0.2, 0.25) is 0 Å². The highest BCUT2D eigenvalue weighted by Crippen LogP contribution is 2.54. The average molecular weight is 729 g/mol. The Balaban J connectivity index is 1.99. The van der Waals surface area contributed by atoms with Gasteiger partial charge in [-0.2, -0.15) is 31.4 Å². The first-order valence-electron chi connectivity index (χ1n) is 8.84. The van der Waals surface area contributed by atoms with Crippen molar-refractivity contribution in [2.45, 2.75) is 18.0 Å². The van der Waals surface area contributed by atoms with Gasteiger partial charge in [-0.1, -0.05) is 0 Å². The highest BCUT2D eigenvalue weighted by atomic mass is 127. The van der Waals surface area contributed by atoms with Crippen molar-refractivity contribution in [2.75, 3.05) is 5.32 Å². The van der Waals surface area contributed by atoms with Crippen molar-refractivity contribution < 1.29 is 40.5 Å². The minimum Gasteiger partial charge on any atom is -0.320 e. The van der Waals surface area contributed by atoms with Crippen LogP contribution in [0.15, 0.2) is 43.0 Å². The summed E-state index contributed by atoms with van der Waals surface area (Å²) in [6.07, 6.45) is -10.3. The second-order valence-corrected chi connectivity index (χ2v) is 9.05. The third-order valence-electron chi connectivity index (χ3n) is 4.56. The molecule has 0 aliphatic carbocycles. The second kappa shape index (κ2) is 9.47. The van der Waals surface area contributed by atoms with Crippen LogP contribution in [0.5, 0.6) is 0 Å². The molecule has 1 N–H and O–H groups in total. The number of amides is 1. The van der Waals surface area contributed by atoms with Gasteiger partial charge < -0.3 is 5.32 Å². The van der Waals surface area contributed by atoms with Crippen molar-refractivity contribution in [2.24, 2.45) is 0 Å². The van der Waals surface area contributed by atoms with Gasteiger partial charge in [0.05, 0.1) is 10.6 Å². The quantitative estimate of drug-likeness (QED) is 0.152. The summed E-state index contributed by atoms with van der Waals surface area (Å²) < 4.78 is 93.3.